The van der Waals surface area contributed by atoms with E-state index in [1.807, 2.05) is 11.0 Å². The lowest BCUT2D eigenvalue weighted by atomic mass is 10.3. The first-order valence-electron chi connectivity index (χ1n) is 4.95. The summed E-state index contributed by atoms with van der Waals surface area (Å²) in [6, 6.07) is 1.88. The third-order valence-corrected chi connectivity index (χ3v) is 2.89. The zero-order chi connectivity index (χ0) is 11.5. The first-order valence-corrected chi connectivity index (χ1v) is 5.32. The Balaban J connectivity index is 2.17. The molecule has 1 aliphatic heterocycles. The Bertz CT molecular complexity index is 431. The number of ether oxygens (including phenoxy) is 1. The van der Waals surface area contributed by atoms with Gasteiger partial charge in [0.15, 0.2) is 10.8 Å². The molecule has 16 heavy (non-hydrogen) atoms. The van der Waals surface area contributed by atoms with Crippen LogP contribution in [0.2, 0.25) is 5.15 Å². The normalized spacial score (nSPS) is 19.8. The van der Waals surface area contributed by atoms with Gasteiger partial charge in [0.05, 0.1) is 12.3 Å². The van der Waals surface area contributed by atoms with Crippen molar-refractivity contribution in [2.75, 3.05) is 25.1 Å². The lowest BCUT2D eigenvalue weighted by molar-refractivity contribution is 0.121. The van der Waals surface area contributed by atoms with Gasteiger partial charge in [0.2, 0.25) is 0 Å². The van der Waals surface area contributed by atoms with Crippen LogP contribution in [-0.4, -0.2) is 36.3 Å². The molecule has 1 fully saturated rings. The van der Waals surface area contributed by atoms with E-state index in [0.717, 1.165) is 19.5 Å². The predicted molar refractivity (Wildman–Crippen MR) is 59.4 cm³/mol. The van der Waals surface area contributed by atoms with Gasteiger partial charge < -0.3 is 9.64 Å². The van der Waals surface area contributed by atoms with Crippen LogP contribution in [0.1, 0.15) is 12.1 Å². The van der Waals surface area contributed by atoms with Gasteiger partial charge in [-0.2, -0.15) is 5.26 Å². The molecule has 0 N–H and O–H groups in total. The topological polar surface area (TPSA) is 62.0 Å². The van der Waals surface area contributed by atoms with E-state index >= 15 is 0 Å². The van der Waals surface area contributed by atoms with Crippen LogP contribution in [0, 0.1) is 11.3 Å². The van der Waals surface area contributed by atoms with Crippen LogP contribution < -0.4 is 4.90 Å². The summed E-state index contributed by atoms with van der Waals surface area (Å²) < 4.78 is 5.26. The Labute approximate surface area is 98.6 Å². The number of anilines is 1. The number of hydrogen-bond donors (Lipinski definition) is 0. The molecule has 0 amide bonds. The van der Waals surface area contributed by atoms with Gasteiger partial charge in [0, 0.05) is 20.2 Å². The molecule has 0 saturated carbocycles. The quantitative estimate of drug-likeness (QED) is 0.776. The van der Waals surface area contributed by atoms with E-state index in [2.05, 4.69) is 9.97 Å². The predicted octanol–water partition coefficient (Wildman–Crippen LogP) is 1.23. The molecule has 1 saturated heterocycles. The summed E-state index contributed by atoms with van der Waals surface area (Å²) >= 11 is 5.82. The van der Waals surface area contributed by atoms with Crippen LogP contribution in [0.25, 0.3) is 0 Å². The van der Waals surface area contributed by atoms with Crippen LogP contribution in [-0.2, 0) is 4.74 Å². The summed E-state index contributed by atoms with van der Waals surface area (Å²) in [4.78, 5) is 10.1. The summed E-state index contributed by atoms with van der Waals surface area (Å²) in [7, 11) is 1.70. The van der Waals surface area contributed by atoms with E-state index in [0.29, 0.717) is 5.82 Å². The molecule has 2 heterocycles. The number of nitriles is 1. The average Bonchev–Trinajstić information content (AvgIpc) is 2.77. The highest BCUT2D eigenvalue weighted by Gasteiger charge is 2.23. The maximum atomic E-state index is 8.68. The zero-order valence-electron chi connectivity index (χ0n) is 8.85. The monoisotopic (exact) mass is 238 g/mol. The summed E-state index contributed by atoms with van der Waals surface area (Å²) in [5.41, 5.74) is 0.160. The highest BCUT2D eigenvalue weighted by Crippen LogP contribution is 2.21. The fourth-order valence-electron chi connectivity index (χ4n) is 1.71. The maximum absolute atomic E-state index is 8.68. The van der Waals surface area contributed by atoms with Crippen molar-refractivity contribution in [1.82, 2.24) is 9.97 Å². The van der Waals surface area contributed by atoms with E-state index in [-0.39, 0.29) is 17.0 Å². The molecule has 6 heteroatoms. The van der Waals surface area contributed by atoms with Crippen LogP contribution in [0.15, 0.2) is 6.20 Å². The van der Waals surface area contributed by atoms with Crippen molar-refractivity contribution in [2.45, 2.75) is 12.5 Å². The molecule has 5 nitrogen and oxygen atoms in total. The molecule has 1 aromatic heterocycles. The van der Waals surface area contributed by atoms with Crippen molar-refractivity contribution < 1.29 is 4.74 Å². The van der Waals surface area contributed by atoms with Crippen molar-refractivity contribution >= 4 is 17.4 Å². The molecule has 0 spiro atoms. The van der Waals surface area contributed by atoms with Gasteiger partial charge in [0.25, 0.3) is 0 Å². The Morgan fingerprint density at radius 2 is 2.50 bits per heavy atom. The second-order valence-electron chi connectivity index (χ2n) is 3.57. The van der Waals surface area contributed by atoms with Crippen LogP contribution >= 0.6 is 11.6 Å². The van der Waals surface area contributed by atoms with Gasteiger partial charge in [-0.15, -0.1) is 0 Å². The Hall–Kier alpha value is -1.38. The second kappa shape index (κ2) is 4.64. The molecule has 0 radical (unpaired) electrons. The van der Waals surface area contributed by atoms with Crippen molar-refractivity contribution in [3.63, 3.8) is 0 Å². The molecule has 0 aliphatic carbocycles. The lowest BCUT2D eigenvalue weighted by Gasteiger charge is -2.16. The summed E-state index contributed by atoms with van der Waals surface area (Å²) in [6.07, 6.45) is 2.77. The summed E-state index contributed by atoms with van der Waals surface area (Å²) in [6.45, 7) is 1.66. The first kappa shape index (κ1) is 11.1. The number of halogens is 1. The van der Waals surface area contributed by atoms with E-state index in [9.17, 15) is 0 Å². The third-order valence-electron chi connectivity index (χ3n) is 2.63. The highest BCUT2D eigenvalue weighted by atomic mass is 35.5. The van der Waals surface area contributed by atoms with Gasteiger partial charge in [-0.3, -0.25) is 0 Å². The van der Waals surface area contributed by atoms with Gasteiger partial charge in [0.1, 0.15) is 11.9 Å². The molecular formula is C10H11ClN4O. The molecular weight excluding hydrogens is 228 g/mol. The molecule has 0 aromatic carbocycles. The van der Waals surface area contributed by atoms with E-state index in [1.165, 1.54) is 0 Å². The third kappa shape index (κ3) is 2.08. The van der Waals surface area contributed by atoms with Crippen molar-refractivity contribution in [1.29, 1.82) is 5.26 Å². The van der Waals surface area contributed by atoms with E-state index in [4.69, 9.17) is 21.6 Å². The summed E-state index contributed by atoms with van der Waals surface area (Å²) in [5.74, 6) is 0.698. The SMILES string of the molecule is CO[C@@H]1CCN(c2cnc(C#N)c(Cl)n2)C1. The van der Waals surface area contributed by atoms with Crippen molar-refractivity contribution in [2.24, 2.45) is 0 Å². The summed E-state index contributed by atoms with van der Waals surface area (Å²) in [5, 5.41) is 8.84. The molecule has 1 aromatic rings. The fraction of sp³-hybridized carbons (Fsp3) is 0.500. The minimum Gasteiger partial charge on any atom is -0.380 e. The van der Waals surface area contributed by atoms with E-state index in [1.54, 1.807) is 13.3 Å². The second-order valence-corrected chi connectivity index (χ2v) is 3.93. The Kier molecular flexibility index (Phi) is 3.22. The minimum absolute atomic E-state index is 0.154. The molecule has 1 atom stereocenters. The average molecular weight is 239 g/mol. The van der Waals surface area contributed by atoms with Crippen LogP contribution in [0.4, 0.5) is 5.82 Å². The molecule has 1 aliphatic rings. The minimum atomic E-state index is 0.154. The Morgan fingerprint density at radius 1 is 1.69 bits per heavy atom. The fourth-order valence-corrected chi connectivity index (χ4v) is 1.89. The van der Waals surface area contributed by atoms with Crippen LogP contribution in [0.3, 0.4) is 0 Å². The molecule has 84 valence electrons. The number of methoxy groups -OCH3 is 1. The zero-order valence-corrected chi connectivity index (χ0v) is 9.61. The smallest absolute Gasteiger partial charge is 0.178 e. The van der Waals surface area contributed by atoms with Crippen molar-refractivity contribution in [3.8, 4) is 6.07 Å². The van der Waals surface area contributed by atoms with Gasteiger partial charge in [-0.25, -0.2) is 9.97 Å². The number of aromatic nitrogens is 2. The molecule has 0 bridgehead atoms. The maximum Gasteiger partial charge on any atom is 0.178 e. The molecule has 0 unspecified atom stereocenters. The number of rotatable bonds is 2. The van der Waals surface area contributed by atoms with Gasteiger partial charge in [-0.1, -0.05) is 11.6 Å². The van der Waals surface area contributed by atoms with Gasteiger partial charge in [-0.05, 0) is 6.42 Å². The van der Waals surface area contributed by atoms with Crippen molar-refractivity contribution in [3.05, 3.63) is 17.0 Å². The van der Waals surface area contributed by atoms with E-state index < -0.39 is 0 Å². The number of hydrogen-bond acceptors (Lipinski definition) is 5. The first-order chi connectivity index (χ1) is 7.74. The Morgan fingerprint density at radius 3 is 3.06 bits per heavy atom. The lowest BCUT2D eigenvalue weighted by Crippen LogP contribution is -2.23. The largest absolute Gasteiger partial charge is 0.380 e. The standard InChI is InChI=1S/C10H11ClN4O/c1-16-7-2-3-15(6-7)9-5-13-8(4-12)10(11)14-9/h5,7H,2-3,6H2,1H3/t7-/m1/s1. The molecule has 2 rings (SSSR count). The highest BCUT2D eigenvalue weighted by molar-refractivity contribution is 6.30. The number of nitrogens with zero attached hydrogens (tertiary/aromatic N) is 4. The van der Waals surface area contributed by atoms with Crippen LogP contribution in [0.5, 0.6) is 0 Å². The van der Waals surface area contributed by atoms with Gasteiger partial charge >= 0.3 is 0 Å².